The van der Waals surface area contributed by atoms with Gasteiger partial charge in [0.05, 0.1) is 16.8 Å². The lowest BCUT2D eigenvalue weighted by Crippen LogP contribution is -2.34. The minimum Gasteiger partial charge on any atom is -0.508 e. The number of phenols is 2. The van der Waals surface area contributed by atoms with Crippen LogP contribution in [0.3, 0.4) is 0 Å². The molecule has 1 atom stereocenters. The van der Waals surface area contributed by atoms with Crippen LogP contribution in [0.15, 0.2) is 54.6 Å². The van der Waals surface area contributed by atoms with Crippen LogP contribution in [0.25, 0.3) is 0 Å². The number of hydrogen-bond donors (Lipinski definition) is 3. The van der Waals surface area contributed by atoms with Crippen LogP contribution in [-0.2, 0) is 15.1 Å². The van der Waals surface area contributed by atoms with Gasteiger partial charge in [0.15, 0.2) is 5.60 Å². The van der Waals surface area contributed by atoms with E-state index in [0.29, 0.717) is 40.1 Å². The normalized spacial score (nSPS) is 16.1. The van der Waals surface area contributed by atoms with Crippen molar-refractivity contribution in [1.82, 2.24) is 0 Å². The number of unbranched alkanes of at least 4 members (excludes halogenated alkanes) is 14. The first-order valence-corrected chi connectivity index (χ1v) is 17.0. The first kappa shape index (κ1) is 32.4. The second-order valence-corrected chi connectivity index (χ2v) is 12.5. The van der Waals surface area contributed by atoms with Gasteiger partial charge in [0.2, 0.25) is 5.91 Å². The van der Waals surface area contributed by atoms with Crippen LogP contribution in [-0.4, -0.2) is 22.1 Å². The molecule has 2 heterocycles. The SMILES string of the molecule is CCCCCCCCCCCCCCCCCC(=O)Nc1cc(O)cc2c1C1(OC(=O)c3ccccc31)c1ccc(O)cc1O2. The summed E-state index contributed by atoms with van der Waals surface area (Å²) >= 11 is 0. The van der Waals surface area contributed by atoms with Crippen LogP contribution >= 0.6 is 0 Å². The van der Waals surface area contributed by atoms with Gasteiger partial charge in [-0.3, -0.25) is 4.79 Å². The van der Waals surface area contributed by atoms with Crippen molar-refractivity contribution in [3.63, 3.8) is 0 Å². The molecule has 240 valence electrons. The van der Waals surface area contributed by atoms with Gasteiger partial charge in [-0.25, -0.2) is 4.79 Å². The standard InChI is InChI=1S/C38H47NO6/c1-2-3-4-5-6-7-8-9-10-11-12-13-14-15-16-21-35(42)39-32-24-28(41)26-34-36(32)38(31-23-22-27(40)25-33(31)44-34)30-20-18-17-19-29(30)37(43)45-38/h17-20,22-26,40-41H,2-16,21H2,1H3,(H,39,42). The molecule has 7 heteroatoms. The van der Waals surface area contributed by atoms with Crippen LogP contribution in [0.4, 0.5) is 5.69 Å². The van der Waals surface area contributed by atoms with Crippen molar-refractivity contribution >= 4 is 17.6 Å². The van der Waals surface area contributed by atoms with Crippen molar-refractivity contribution in [3.05, 3.63) is 76.9 Å². The van der Waals surface area contributed by atoms with Gasteiger partial charge < -0.3 is 25.0 Å². The number of rotatable bonds is 17. The Morgan fingerprint density at radius 3 is 1.98 bits per heavy atom. The zero-order chi connectivity index (χ0) is 31.6. The van der Waals surface area contributed by atoms with E-state index in [1.807, 2.05) is 12.1 Å². The molecule has 1 amide bonds. The zero-order valence-corrected chi connectivity index (χ0v) is 26.5. The van der Waals surface area contributed by atoms with E-state index in [9.17, 15) is 19.8 Å². The Kier molecular flexibility index (Phi) is 11.0. The summed E-state index contributed by atoms with van der Waals surface area (Å²) in [5, 5.41) is 23.8. The maximum Gasteiger partial charge on any atom is 0.340 e. The van der Waals surface area contributed by atoms with Crippen molar-refractivity contribution in [2.24, 2.45) is 0 Å². The summed E-state index contributed by atoms with van der Waals surface area (Å²) in [4.78, 5) is 26.3. The van der Waals surface area contributed by atoms with Gasteiger partial charge in [0.25, 0.3) is 0 Å². The summed E-state index contributed by atoms with van der Waals surface area (Å²) in [6.07, 6.45) is 19.2. The minimum atomic E-state index is -1.42. The quantitative estimate of drug-likeness (QED) is 0.103. The van der Waals surface area contributed by atoms with Crippen molar-refractivity contribution in [2.45, 2.75) is 115 Å². The lowest BCUT2D eigenvalue weighted by Gasteiger charge is -2.37. The molecular formula is C38H47NO6. The first-order valence-electron chi connectivity index (χ1n) is 17.0. The first-order chi connectivity index (χ1) is 21.9. The lowest BCUT2D eigenvalue weighted by molar-refractivity contribution is -0.116. The Bertz CT molecular complexity index is 1480. The molecule has 2 aliphatic heterocycles. The second-order valence-electron chi connectivity index (χ2n) is 12.5. The third kappa shape index (κ3) is 7.46. The van der Waals surface area contributed by atoms with Gasteiger partial charge >= 0.3 is 5.97 Å². The molecule has 5 rings (SSSR count). The number of nitrogens with one attached hydrogen (secondary N) is 1. The fraction of sp³-hybridized carbons (Fsp3) is 0.474. The fourth-order valence-electron chi connectivity index (χ4n) is 6.76. The number of ether oxygens (including phenoxy) is 2. The van der Waals surface area contributed by atoms with E-state index in [-0.39, 0.29) is 23.2 Å². The van der Waals surface area contributed by atoms with Crippen LogP contribution in [0.1, 0.15) is 137 Å². The molecule has 3 aromatic rings. The van der Waals surface area contributed by atoms with Crippen LogP contribution in [0, 0.1) is 0 Å². The minimum absolute atomic E-state index is 0.0119. The number of fused-ring (bicyclic) bond motifs is 6. The molecule has 0 aromatic heterocycles. The zero-order valence-electron chi connectivity index (χ0n) is 26.5. The van der Waals surface area contributed by atoms with Gasteiger partial charge in [-0.2, -0.15) is 0 Å². The molecule has 0 aliphatic carbocycles. The summed E-state index contributed by atoms with van der Waals surface area (Å²) in [5.74, 6) is -0.260. The summed E-state index contributed by atoms with van der Waals surface area (Å²) in [5.41, 5.74) is 0.869. The average Bonchev–Trinajstić information content (AvgIpc) is 3.30. The smallest absolute Gasteiger partial charge is 0.340 e. The second kappa shape index (κ2) is 15.3. The highest BCUT2D eigenvalue weighted by Gasteiger charge is 2.55. The van der Waals surface area contributed by atoms with E-state index >= 15 is 0 Å². The predicted octanol–water partition coefficient (Wildman–Crippen LogP) is 9.87. The summed E-state index contributed by atoms with van der Waals surface area (Å²) < 4.78 is 12.3. The number of amides is 1. The van der Waals surface area contributed by atoms with Gasteiger partial charge in [-0.15, -0.1) is 0 Å². The Balaban J connectivity index is 1.16. The number of hydrogen-bond acceptors (Lipinski definition) is 6. The summed E-state index contributed by atoms with van der Waals surface area (Å²) in [6, 6.07) is 14.7. The van der Waals surface area contributed by atoms with E-state index in [2.05, 4.69) is 12.2 Å². The van der Waals surface area contributed by atoms with Crippen molar-refractivity contribution in [3.8, 4) is 23.0 Å². The Morgan fingerprint density at radius 1 is 0.711 bits per heavy atom. The van der Waals surface area contributed by atoms with E-state index in [1.54, 1.807) is 18.2 Å². The number of benzene rings is 3. The number of aromatic hydroxyl groups is 2. The van der Waals surface area contributed by atoms with Gasteiger partial charge in [0.1, 0.15) is 23.0 Å². The molecule has 0 saturated heterocycles. The number of anilines is 1. The monoisotopic (exact) mass is 613 g/mol. The van der Waals surface area contributed by atoms with Gasteiger partial charge in [-0.1, -0.05) is 115 Å². The van der Waals surface area contributed by atoms with Crippen molar-refractivity contribution < 1.29 is 29.3 Å². The van der Waals surface area contributed by atoms with E-state index in [0.717, 1.165) is 19.3 Å². The number of phenolic OH excluding ortho intramolecular Hbond substituents is 2. The molecule has 3 N–H and O–H groups in total. The maximum atomic E-state index is 13.2. The number of carbonyl (C=O) groups is 2. The molecular weight excluding hydrogens is 566 g/mol. The molecule has 0 bridgehead atoms. The molecule has 2 aliphatic rings. The predicted molar refractivity (Wildman–Crippen MR) is 176 cm³/mol. The summed E-state index contributed by atoms with van der Waals surface area (Å²) in [7, 11) is 0. The molecule has 1 spiro atoms. The molecule has 0 saturated carbocycles. The van der Waals surface area contributed by atoms with Gasteiger partial charge in [-0.05, 0) is 24.6 Å². The van der Waals surface area contributed by atoms with E-state index in [4.69, 9.17) is 9.47 Å². The van der Waals surface area contributed by atoms with Crippen molar-refractivity contribution in [2.75, 3.05) is 5.32 Å². The third-order valence-electron chi connectivity index (χ3n) is 9.06. The third-order valence-corrected chi connectivity index (χ3v) is 9.06. The Hall–Kier alpha value is -4.00. The van der Waals surface area contributed by atoms with E-state index < -0.39 is 11.6 Å². The Labute approximate surface area is 267 Å². The number of carbonyl (C=O) groups excluding carboxylic acids is 2. The topological polar surface area (TPSA) is 105 Å². The number of esters is 1. The van der Waals surface area contributed by atoms with Crippen molar-refractivity contribution in [1.29, 1.82) is 0 Å². The summed E-state index contributed by atoms with van der Waals surface area (Å²) in [6.45, 7) is 2.26. The van der Waals surface area contributed by atoms with Crippen LogP contribution in [0.5, 0.6) is 23.0 Å². The molecule has 3 aromatic carbocycles. The largest absolute Gasteiger partial charge is 0.508 e. The molecule has 0 fully saturated rings. The maximum absolute atomic E-state index is 13.2. The highest BCUT2D eigenvalue weighted by Crippen LogP contribution is 2.59. The molecule has 0 radical (unpaired) electrons. The fourth-order valence-corrected chi connectivity index (χ4v) is 6.76. The highest BCUT2D eigenvalue weighted by molar-refractivity contribution is 5.99. The Morgan fingerprint density at radius 2 is 1.31 bits per heavy atom. The molecule has 7 nitrogen and oxygen atoms in total. The molecule has 1 unspecified atom stereocenters. The van der Waals surface area contributed by atoms with E-state index in [1.165, 1.54) is 101 Å². The lowest BCUT2D eigenvalue weighted by atomic mass is 9.77. The van der Waals surface area contributed by atoms with Crippen LogP contribution < -0.4 is 10.1 Å². The van der Waals surface area contributed by atoms with Gasteiger partial charge in [0, 0.05) is 35.7 Å². The highest BCUT2D eigenvalue weighted by atomic mass is 16.6. The van der Waals surface area contributed by atoms with Crippen LogP contribution in [0.2, 0.25) is 0 Å². The molecule has 45 heavy (non-hydrogen) atoms. The average molecular weight is 614 g/mol.